The molecule has 2 rings (SSSR count). The summed E-state index contributed by atoms with van der Waals surface area (Å²) in [7, 11) is 0. The van der Waals surface area contributed by atoms with Gasteiger partial charge in [-0.05, 0) is 30.6 Å². The van der Waals surface area contributed by atoms with E-state index in [1.54, 1.807) is 0 Å². The van der Waals surface area contributed by atoms with Crippen LogP contribution >= 0.6 is 11.6 Å². The summed E-state index contributed by atoms with van der Waals surface area (Å²) in [5.74, 6) is 1.68. The molecule has 92 valence electrons. The first-order chi connectivity index (χ1) is 7.43. The summed E-state index contributed by atoms with van der Waals surface area (Å²) in [5, 5.41) is 0. The third-order valence-electron chi connectivity index (χ3n) is 5.20. The van der Waals surface area contributed by atoms with Gasteiger partial charge in [0, 0.05) is 19.0 Å². The maximum absolute atomic E-state index is 12.5. The highest BCUT2D eigenvalue weighted by molar-refractivity contribution is 6.17. The topological polar surface area (TPSA) is 20.3 Å². The van der Waals surface area contributed by atoms with Crippen LogP contribution in [0.5, 0.6) is 0 Å². The summed E-state index contributed by atoms with van der Waals surface area (Å²) < 4.78 is 0. The molecule has 1 unspecified atom stereocenters. The monoisotopic (exact) mass is 243 g/mol. The largest absolute Gasteiger partial charge is 0.342 e. The van der Waals surface area contributed by atoms with Crippen molar-refractivity contribution >= 4 is 17.5 Å². The molecule has 2 nitrogen and oxygen atoms in total. The number of nitrogens with zero attached hydrogens (tertiary/aromatic N) is 1. The highest BCUT2D eigenvalue weighted by Crippen LogP contribution is 2.59. The minimum atomic E-state index is -0.137. The van der Waals surface area contributed by atoms with Gasteiger partial charge in [-0.1, -0.05) is 20.8 Å². The molecule has 1 amide bonds. The fourth-order valence-electron chi connectivity index (χ4n) is 3.44. The van der Waals surface area contributed by atoms with Crippen LogP contribution in [0.4, 0.5) is 0 Å². The van der Waals surface area contributed by atoms with E-state index in [0.29, 0.717) is 17.7 Å². The molecule has 2 aliphatic rings. The highest BCUT2D eigenvalue weighted by Gasteiger charge is 2.60. The van der Waals surface area contributed by atoms with Crippen molar-refractivity contribution in [2.75, 3.05) is 19.0 Å². The van der Waals surface area contributed by atoms with Gasteiger partial charge in [-0.3, -0.25) is 4.79 Å². The van der Waals surface area contributed by atoms with Crippen LogP contribution in [-0.2, 0) is 4.79 Å². The molecule has 0 aromatic carbocycles. The van der Waals surface area contributed by atoms with E-state index in [2.05, 4.69) is 20.8 Å². The number of carbonyl (C=O) groups excluding carboxylic acids is 1. The van der Waals surface area contributed by atoms with Gasteiger partial charge in [-0.25, -0.2) is 0 Å². The number of alkyl halides is 1. The average Bonchev–Trinajstić information content (AvgIpc) is 2.38. The van der Waals surface area contributed by atoms with Gasteiger partial charge in [0.05, 0.1) is 5.41 Å². The smallest absolute Gasteiger partial charge is 0.229 e. The van der Waals surface area contributed by atoms with E-state index in [4.69, 9.17) is 11.6 Å². The van der Waals surface area contributed by atoms with Crippen molar-refractivity contribution in [2.45, 2.75) is 40.0 Å². The number of piperidine rings is 1. The van der Waals surface area contributed by atoms with Gasteiger partial charge in [0.15, 0.2) is 0 Å². The number of carbonyl (C=O) groups is 1. The number of hydrogen-bond acceptors (Lipinski definition) is 1. The number of fused-ring (bicyclic) bond motifs is 2. The van der Waals surface area contributed by atoms with Crippen molar-refractivity contribution in [3.05, 3.63) is 0 Å². The maximum atomic E-state index is 12.5. The predicted octanol–water partition coefficient (Wildman–Crippen LogP) is 2.90. The number of likely N-dealkylation sites (tertiary alicyclic amines) is 1. The number of amides is 1. The molecular weight excluding hydrogens is 222 g/mol. The van der Waals surface area contributed by atoms with Crippen molar-refractivity contribution in [1.29, 1.82) is 0 Å². The molecule has 1 saturated heterocycles. The molecule has 2 atom stereocenters. The Labute approximate surface area is 103 Å². The average molecular weight is 244 g/mol. The van der Waals surface area contributed by atoms with Gasteiger partial charge in [0.1, 0.15) is 0 Å². The lowest BCUT2D eigenvalue weighted by Crippen LogP contribution is -2.56. The summed E-state index contributed by atoms with van der Waals surface area (Å²) in [6.45, 7) is 8.47. The molecule has 0 N–H and O–H groups in total. The lowest BCUT2D eigenvalue weighted by Gasteiger charge is -2.49. The van der Waals surface area contributed by atoms with Crippen LogP contribution in [0.25, 0.3) is 0 Å². The predicted molar refractivity (Wildman–Crippen MR) is 66.5 cm³/mol. The summed E-state index contributed by atoms with van der Waals surface area (Å²) in [6.07, 6.45) is 3.17. The Morgan fingerprint density at radius 3 is 2.75 bits per heavy atom. The molecule has 3 heteroatoms. The van der Waals surface area contributed by atoms with Crippen molar-refractivity contribution in [2.24, 2.45) is 16.7 Å². The molecule has 0 spiro atoms. The first kappa shape index (κ1) is 12.2. The Morgan fingerprint density at radius 2 is 2.12 bits per heavy atom. The Balaban J connectivity index is 2.19. The van der Waals surface area contributed by atoms with Crippen molar-refractivity contribution in [3.8, 4) is 0 Å². The van der Waals surface area contributed by atoms with Gasteiger partial charge >= 0.3 is 0 Å². The minimum absolute atomic E-state index is 0.137. The minimum Gasteiger partial charge on any atom is -0.342 e. The first-order valence-electron chi connectivity index (χ1n) is 6.29. The van der Waals surface area contributed by atoms with Gasteiger partial charge in [0.25, 0.3) is 0 Å². The first-order valence-corrected chi connectivity index (χ1v) is 6.82. The zero-order valence-electron chi connectivity index (χ0n) is 10.6. The third-order valence-corrected chi connectivity index (χ3v) is 5.46. The Morgan fingerprint density at radius 1 is 1.44 bits per heavy atom. The molecular formula is C13H22ClNO. The van der Waals surface area contributed by atoms with Crippen LogP contribution in [0, 0.1) is 16.7 Å². The SMILES string of the molecule is CC1(C)C2CC[C@@]1(C)C(=O)N(CCCCl)C2. The van der Waals surface area contributed by atoms with Crippen LogP contribution in [0.3, 0.4) is 0 Å². The Bertz CT molecular complexity index is 302. The number of hydrogen-bond donors (Lipinski definition) is 0. The van der Waals surface area contributed by atoms with Gasteiger partial charge < -0.3 is 4.90 Å². The summed E-state index contributed by atoms with van der Waals surface area (Å²) >= 11 is 5.71. The van der Waals surface area contributed by atoms with E-state index in [1.807, 2.05) is 4.90 Å². The van der Waals surface area contributed by atoms with Gasteiger partial charge in [-0.15, -0.1) is 11.6 Å². The fourth-order valence-corrected chi connectivity index (χ4v) is 3.56. The summed E-state index contributed by atoms with van der Waals surface area (Å²) in [4.78, 5) is 14.6. The zero-order chi connectivity index (χ0) is 12.0. The summed E-state index contributed by atoms with van der Waals surface area (Å²) in [5.41, 5.74) is 0.0315. The van der Waals surface area contributed by atoms with Crippen molar-refractivity contribution in [1.82, 2.24) is 4.90 Å². The van der Waals surface area contributed by atoms with Crippen molar-refractivity contribution in [3.63, 3.8) is 0 Å². The fraction of sp³-hybridized carbons (Fsp3) is 0.923. The quantitative estimate of drug-likeness (QED) is 0.698. The van der Waals surface area contributed by atoms with Gasteiger partial charge in [-0.2, -0.15) is 0 Å². The number of rotatable bonds is 3. The molecule has 1 aliphatic carbocycles. The van der Waals surface area contributed by atoms with E-state index in [9.17, 15) is 4.79 Å². The zero-order valence-corrected chi connectivity index (χ0v) is 11.3. The molecule has 1 saturated carbocycles. The molecule has 0 aromatic heterocycles. The standard InChI is InChI=1S/C13H22ClNO/c1-12(2)10-5-6-13(12,3)11(16)15(9-10)8-4-7-14/h10H,4-9H2,1-3H3/t10?,13-/m0/s1. The summed E-state index contributed by atoms with van der Waals surface area (Å²) in [6, 6.07) is 0. The van der Waals surface area contributed by atoms with E-state index < -0.39 is 0 Å². The van der Waals surface area contributed by atoms with E-state index in [0.717, 1.165) is 25.9 Å². The lowest BCUT2D eigenvalue weighted by atomic mass is 9.62. The maximum Gasteiger partial charge on any atom is 0.229 e. The van der Waals surface area contributed by atoms with Crippen LogP contribution in [0.2, 0.25) is 0 Å². The second-order valence-corrected chi connectivity index (χ2v) is 6.46. The van der Waals surface area contributed by atoms with Crippen LogP contribution in [0.1, 0.15) is 40.0 Å². The molecule has 1 heterocycles. The van der Waals surface area contributed by atoms with Crippen molar-refractivity contribution < 1.29 is 4.79 Å². The highest BCUT2D eigenvalue weighted by atomic mass is 35.5. The van der Waals surface area contributed by atoms with Gasteiger partial charge in [0.2, 0.25) is 5.91 Å². The Kier molecular flexibility index (Phi) is 2.98. The Hall–Kier alpha value is -0.240. The second-order valence-electron chi connectivity index (χ2n) is 6.08. The van der Waals surface area contributed by atoms with E-state index >= 15 is 0 Å². The molecule has 1 aliphatic heterocycles. The van der Waals surface area contributed by atoms with E-state index in [1.165, 1.54) is 6.42 Å². The normalized spacial score (nSPS) is 36.9. The van der Waals surface area contributed by atoms with E-state index in [-0.39, 0.29) is 10.8 Å². The molecule has 2 fully saturated rings. The molecule has 2 bridgehead atoms. The van der Waals surface area contributed by atoms with Crippen LogP contribution < -0.4 is 0 Å². The molecule has 0 radical (unpaired) electrons. The number of halogens is 1. The second kappa shape index (κ2) is 3.90. The third kappa shape index (κ3) is 1.49. The van der Waals surface area contributed by atoms with Crippen LogP contribution in [-0.4, -0.2) is 29.8 Å². The molecule has 0 aromatic rings. The molecule has 16 heavy (non-hydrogen) atoms. The van der Waals surface area contributed by atoms with Crippen LogP contribution in [0.15, 0.2) is 0 Å². The lowest BCUT2D eigenvalue weighted by molar-refractivity contribution is -0.155.